The number of anilines is 1. The highest BCUT2D eigenvalue weighted by Crippen LogP contribution is 2.45. The highest BCUT2D eigenvalue weighted by Gasteiger charge is 2.34. The summed E-state index contributed by atoms with van der Waals surface area (Å²) in [4.78, 5) is 13.6. The third kappa shape index (κ3) is 6.72. The molecule has 212 valence electrons. The van der Waals surface area contributed by atoms with E-state index in [2.05, 4.69) is 4.90 Å². The van der Waals surface area contributed by atoms with E-state index < -0.39 is 17.7 Å². The van der Waals surface area contributed by atoms with Gasteiger partial charge in [0.25, 0.3) is 0 Å². The Morgan fingerprint density at radius 2 is 1.70 bits per heavy atom. The summed E-state index contributed by atoms with van der Waals surface area (Å²) >= 11 is 0. The van der Waals surface area contributed by atoms with E-state index in [9.17, 15) is 23.1 Å². The van der Waals surface area contributed by atoms with Crippen LogP contribution in [0.1, 0.15) is 49.1 Å². The van der Waals surface area contributed by atoms with Crippen LogP contribution < -0.4 is 14.4 Å². The number of alkyl halides is 3. The van der Waals surface area contributed by atoms with Gasteiger partial charge in [-0.2, -0.15) is 13.2 Å². The lowest BCUT2D eigenvalue weighted by Gasteiger charge is -2.35. The van der Waals surface area contributed by atoms with Crippen LogP contribution >= 0.6 is 0 Å². The first-order valence-electron chi connectivity index (χ1n) is 13.8. The third-order valence-corrected chi connectivity index (χ3v) is 8.04. The molecule has 8 heteroatoms. The van der Waals surface area contributed by atoms with Gasteiger partial charge in [-0.15, -0.1) is 0 Å². The van der Waals surface area contributed by atoms with Gasteiger partial charge in [0.1, 0.15) is 11.5 Å². The molecule has 1 saturated carbocycles. The van der Waals surface area contributed by atoms with Crippen molar-refractivity contribution in [1.82, 2.24) is 0 Å². The number of hydrogen-bond donors (Lipinski definition) is 1. The van der Waals surface area contributed by atoms with Gasteiger partial charge < -0.3 is 19.5 Å². The zero-order valence-corrected chi connectivity index (χ0v) is 22.5. The molecule has 0 bridgehead atoms. The molecule has 1 heterocycles. The second-order valence-electron chi connectivity index (χ2n) is 10.8. The number of carboxylic acid groups (broad SMARTS) is 1. The monoisotopic (exact) mass is 553 g/mol. The highest BCUT2D eigenvalue weighted by atomic mass is 19.4. The van der Waals surface area contributed by atoms with Crippen LogP contribution in [0.2, 0.25) is 0 Å². The molecule has 0 radical (unpaired) electrons. The van der Waals surface area contributed by atoms with E-state index in [1.165, 1.54) is 12.1 Å². The molecule has 2 aliphatic rings. The Hall–Kier alpha value is -3.68. The number of piperidine rings is 1. The van der Waals surface area contributed by atoms with Gasteiger partial charge >= 0.3 is 12.1 Å². The summed E-state index contributed by atoms with van der Waals surface area (Å²) in [5.74, 6) is 1.54. The number of halogens is 3. The molecule has 0 aromatic heterocycles. The lowest BCUT2D eigenvalue weighted by molar-refractivity contribution is -0.138. The van der Waals surface area contributed by atoms with Crippen LogP contribution in [0.5, 0.6) is 11.5 Å². The molecule has 0 spiro atoms. The molecular weight excluding hydrogens is 519 g/mol. The van der Waals surface area contributed by atoms with Crippen molar-refractivity contribution in [1.29, 1.82) is 0 Å². The van der Waals surface area contributed by atoms with Crippen molar-refractivity contribution in [2.45, 2.75) is 44.2 Å². The summed E-state index contributed by atoms with van der Waals surface area (Å²) in [5.41, 5.74) is 2.90. The standard InChI is InChI=1S/C32H34F3NO4/c1-39-26-11-12-28(22-7-9-25(10-8-22)32(33,34)35)30(18-26)36-15-13-21(14-16-36)20-40-27-4-2-3-24(17-27)29(19-31(37)38)23-5-6-23/h2-4,7-12,17-18,21,23,29H,5-6,13-16,19-20H2,1H3,(H,37,38). The predicted octanol–water partition coefficient (Wildman–Crippen LogP) is 7.64. The van der Waals surface area contributed by atoms with Gasteiger partial charge in [0.2, 0.25) is 0 Å². The van der Waals surface area contributed by atoms with Crippen molar-refractivity contribution in [3.63, 3.8) is 0 Å². The number of nitrogens with zero attached hydrogens (tertiary/aromatic N) is 1. The van der Waals surface area contributed by atoms with Gasteiger partial charge in [0, 0.05) is 30.4 Å². The van der Waals surface area contributed by atoms with Crippen molar-refractivity contribution in [2.24, 2.45) is 11.8 Å². The Balaban J connectivity index is 1.23. The van der Waals surface area contributed by atoms with Crippen LogP contribution in [-0.4, -0.2) is 37.9 Å². The van der Waals surface area contributed by atoms with Crippen LogP contribution in [0.25, 0.3) is 11.1 Å². The second-order valence-corrected chi connectivity index (χ2v) is 10.8. The lowest BCUT2D eigenvalue weighted by Crippen LogP contribution is -2.35. The van der Waals surface area contributed by atoms with Crippen LogP contribution in [0.3, 0.4) is 0 Å². The molecule has 1 aliphatic heterocycles. The first-order valence-corrected chi connectivity index (χ1v) is 13.8. The number of carboxylic acids is 1. The Labute approximate surface area is 232 Å². The van der Waals surface area contributed by atoms with Crippen LogP contribution in [0.15, 0.2) is 66.7 Å². The van der Waals surface area contributed by atoms with E-state index in [0.29, 0.717) is 24.2 Å². The molecule has 1 aliphatic carbocycles. The zero-order chi connectivity index (χ0) is 28.3. The maximum Gasteiger partial charge on any atom is 0.416 e. The fourth-order valence-electron chi connectivity index (χ4n) is 5.62. The van der Waals surface area contributed by atoms with E-state index in [1.54, 1.807) is 7.11 Å². The van der Waals surface area contributed by atoms with E-state index in [-0.39, 0.29) is 12.3 Å². The summed E-state index contributed by atoms with van der Waals surface area (Å²) in [6.07, 6.45) is -0.250. The van der Waals surface area contributed by atoms with Gasteiger partial charge in [0.05, 0.1) is 25.7 Å². The molecule has 5 nitrogen and oxygen atoms in total. The van der Waals surface area contributed by atoms with Gasteiger partial charge in [-0.25, -0.2) is 0 Å². The number of ether oxygens (including phenoxy) is 2. The normalized spacial score (nSPS) is 16.9. The molecule has 1 saturated heterocycles. The smallest absolute Gasteiger partial charge is 0.416 e. The summed E-state index contributed by atoms with van der Waals surface area (Å²) in [7, 11) is 1.60. The number of carbonyl (C=O) groups is 1. The van der Waals surface area contributed by atoms with Crippen molar-refractivity contribution in [3.05, 3.63) is 77.9 Å². The molecule has 1 atom stereocenters. The Morgan fingerprint density at radius 1 is 0.975 bits per heavy atom. The first kappa shape index (κ1) is 27.9. The highest BCUT2D eigenvalue weighted by molar-refractivity contribution is 5.80. The summed E-state index contributed by atoms with van der Waals surface area (Å²) in [6, 6.07) is 18.8. The largest absolute Gasteiger partial charge is 0.497 e. The Kier molecular flexibility index (Phi) is 8.24. The molecule has 0 amide bonds. The Bertz CT molecular complexity index is 1310. The van der Waals surface area contributed by atoms with Gasteiger partial charge in [-0.3, -0.25) is 4.79 Å². The van der Waals surface area contributed by atoms with E-state index in [4.69, 9.17) is 9.47 Å². The summed E-state index contributed by atoms with van der Waals surface area (Å²) in [6.45, 7) is 2.16. The van der Waals surface area contributed by atoms with Crippen molar-refractivity contribution >= 4 is 11.7 Å². The maximum absolute atomic E-state index is 13.1. The van der Waals surface area contributed by atoms with Crippen LogP contribution in [-0.2, 0) is 11.0 Å². The predicted molar refractivity (Wildman–Crippen MR) is 148 cm³/mol. The van der Waals surface area contributed by atoms with Crippen molar-refractivity contribution < 1.29 is 32.5 Å². The first-order chi connectivity index (χ1) is 19.2. The molecular formula is C32H34F3NO4. The lowest BCUT2D eigenvalue weighted by atomic mass is 9.91. The van der Waals surface area contributed by atoms with Crippen molar-refractivity contribution in [3.8, 4) is 22.6 Å². The quantitative estimate of drug-likeness (QED) is 0.280. The minimum Gasteiger partial charge on any atom is -0.497 e. The third-order valence-electron chi connectivity index (χ3n) is 8.04. The molecule has 3 aromatic carbocycles. The molecule has 5 rings (SSSR count). The fourth-order valence-corrected chi connectivity index (χ4v) is 5.62. The van der Waals surface area contributed by atoms with Crippen LogP contribution in [0, 0.1) is 11.8 Å². The number of aliphatic carboxylic acids is 1. The molecule has 1 unspecified atom stereocenters. The number of hydrogen-bond acceptors (Lipinski definition) is 4. The van der Waals surface area contributed by atoms with Gasteiger partial charge in [0.15, 0.2) is 0 Å². The molecule has 3 aromatic rings. The van der Waals surface area contributed by atoms with Crippen molar-refractivity contribution in [2.75, 3.05) is 31.7 Å². The van der Waals surface area contributed by atoms with Gasteiger partial charge in [-0.1, -0.05) is 24.3 Å². The number of methoxy groups -OCH3 is 1. The molecule has 40 heavy (non-hydrogen) atoms. The fraction of sp³-hybridized carbons (Fsp3) is 0.406. The van der Waals surface area contributed by atoms with Gasteiger partial charge in [-0.05, 0) is 91.0 Å². The summed E-state index contributed by atoms with van der Waals surface area (Å²) in [5, 5.41) is 9.34. The average Bonchev–Trinajstić information content (AvgIpc) is 3.80. The van der Waals surface area contributed by atoms with E-state index in [0.717, 1.165) is 79.0 Å². The Morgan fingerprint density at radius 3 is 2.33 bits per heavy atom. The molecule has 1 N–H and O–H groups in total. The minimum atomic E-state index is -4.37. The van der Waals surface area contributed by atoms with E-state index in [1.807, 2.05) is 42.5 Å². The number of benzene rings is 3. The molecule has 2 fully saturated rings. The SMILES string of the molecule is COc1ccc(-c2ccc(C(F)(F)F)cc2)c(N2CCC(COc3cccc(C(CC(=O)O)C4CC4)c3)CC2)c1. The van der Waals surface area contributed by atoms with Crippen LogP contribution in [0.4, 0.5) is 18.9 Å². The topological polar surface area (TPSA) is 59.0 Å². The zero-order valence-electron chi connectivity index (χ0n) is 22.5. The summed E-state index contributed by atoms with van der Waals surface area (Å²) < 4.78 is 50.9. The second kappa shape index (κ2) is 11.8. The van der Waals surface area contributed by atoms with E-state index >= 15 is 0 Å². The minimum absolute atomic E-state index is 0.0333. The average molecular weight is 554 g/mol. The number of rotatable bonds is 10. The maximum atomic E-state index is 13.1.